The van der Waals surface area contributed by atoms with Crippen LogP contribution in [-0.2, 0) is 11.3 Å². The highest BCUT2D eigenvalue weighted by molar-refractivity contribution is 7.09. The van der Waals surface area contributed by atoms with Gasteiger partial charge in [-0.2, -0.15) is 0 Å². The lowest BCUT2D eigenvalue weighted by Gasteiger charge is -2.12. The van der Waals surface area contributed by atoms with Gasteiger partial charge in [0.15, 0.2) is 0 Å². The van der Waals surface area contributed by atoms with E-state index in [1.54, 1.807) is 11.3 Å². The van der Waals surface area contributed by atoms with Gasteiger partial charge in [0.25, 0.3) is 0 Å². The number of thiophene rings is 1. The van der Waals surface area contributed by atoms with Gasteiger partial charge in [-0.25, -0.2) is 0 Å². The van der Waals surface area contributed by atoms with Crippen molar-refractivity contribution in [2.24, 2.45) is 0 Å². The molecular weight excluding hydrogens is 228 g/mol. The molecule has 0 aliphatic heterocycles. The molecule has 0 saturated heterocycles. The molecule has 0 atom stereocenters. The van der Waals surface area contributed by atoms with Crippen molar-refractivity contribution in [3.05, 3.63) is 57.1 Å². The van der Waals surface area contributed by atoms with E-state index in [4.69, 9.17) is 4.74 Å². The first-order valence-electron chi connectivity index (χ1n) is 5.87. The summed E-state index contributed by atoms with van der Waals surface area (Å²) in [6, 6.07) is 12.6. The van der Waals surface area contributed by atoms with Gasteiger partial charge in [0.2, 0.25) is 0 Å². The summed E-state index contributed by atoms with van der Waals surface area (Å²) in [7, 11) is 0. The van der Waals surface area contributed by atoms with Crippen LogP contribution in [0, 0.1) is 0 Å². The molecule has 0 radical (unpaired) electrons. The largest absolute Gasteiger partial charge is 0.492 e. The van der Waals surface area contributed by atoms with Gasteiger partial charge in [0.1, 0.15) is 12.4 Å². The lowest BCUT2D eigenvalue weighted by atomic mass is 10.1. The Hall–Kier alpha value is -1.54. The van der Waals surface area contributed by atoms with Crippen molar-refractivity contribution in [3.8, 4) is 0 Å². The van der Waals surface area contributed by atoms with Crippen molar-refractivity contribution in [1.82, 2.24) is 0 Å². The van der Waals surface area contributed by atoms with Crippen LogP contribution in [0.5, 0.6) is 0 Å². The van der Waals surface area contributed by atoms with E-state index in [0.717, 1.165) is 18.6 Å². The Kier molecular flexibility index (Phi) is 2.97. The molecule has 1 aromatic heterocycles. The summed E-state index contributed by atoms with van der Waals surface area (Å²) in [5.74, 6) is 1.14. The third-order valence-corrected chi connectivity index (χ3v) is 3.82. The molecule has 1 nitrogen and oxygen atoms in total. The summed E-state index contributed by atoms with van der Waals surface area (Å²) in [5.41, 5.74) is 0. The van der Waals surface area contributed by atoms with E-state index < -0.39 is 0 Å². The maximum absolute atomic E-state index is 5.96. The summed E-state index contributed by atoms with van der Waals surface area (Å²) in [4.78, 5) is 1.28. The van der Waals surface area contributed by atoms with E-state index in [1.807, 2.05) is 0 Å². The summed E-state index contributed by atoms with van der Waals surface area (Å²) in [6.45, 7) is 0.696. The maximum atomic E-state index is 5.96. The lowest BCUT2D eigenvalue weighted by Crippen LogP contribution is -2.29. The van der Waals surface area contributed by atoms with Gasteiger partial charge in [-0.05, 0) is 23.1 Å². The summed E-state index contributed by atoms with van der Waals surface area (Å²) in [6.07, 6.45) is 4.38. The highest BCUT2D eigenvalue weighted by atomic mass is 32.1. The molecule has 0 N–H and O–H groups in total. The normalized spacial score (nSPS) is 14.0. The third-order valence-electron chi connectivity index (χ3n) is 2.97. The lowest BCUT2D eigenvalue weighted by molar-refractivity contribution is 0.251. The molecule has 3 rings (SSSR count). The van der Waals surface area contributed by atoms with E-state index in [-0.39, 0.29) is 0 Å². The van der Waals surface area contributed by atoms with Crippen LogP contribution in [0.2, 0.25) is 0 Å². The van der Waals surface area contributed by atoms with Gasteiger partial charge >= 0.3 is 0 Å². The molecule has 0 spiro atoms. The Balaban J connectivity index is 1.90. The zero-order valence-electron chi connectivity index (χ0n) is 9.56. The quantitative estimate of drug-likeness (QED) is 0.804. The SMILES string of the molecule is C1=c2ccccc2=C(OCc2cccs2)CC1. The second-order valence-corrected chi connectivity index (χ2v) is 5.15. The summed E-state index contributed by atoms with van der Waals surface area (Å²) in [5, 5.41) is 4.65. The zero-order chi connectivity index (χ0) is 11.5. The predicted molar refractivity (Wildman–Crippen MR) is 71.9 cm³/mol. The Labute approximate surface area is 105 Å². The fourth-order valence-electron chi connectivity index (χ4n) is 2.13. The fraction of sp³-hybridized carbons (Fsp3) is 0.200. The molecule has 0 saturated carbocycles. The molecule has 0 amide bonds. The van der Waals surface area contributed by atoms with Crippen molar-refractivity contribution in [3.63, 3.8) is 0 Å². The van der Waals surface area contributed by atoms with Gasteiger partial charge in [-0.3, -0.25) is 0 Å². The molecule has 2 heteroatoms. The predicted octanol–water partition coefficient (Wildman–Crippen LogP) is 2.65. The number of rotatable bonds is 3. The summed E-state index contributed by atoms with van der Waals surface area (Å²) >= 11 is 1.75. The fourth-order valence-corrected chi connectivity index (χ4v) is 2.74. The average Bonchev–Trinajstić information content (AvgIpc) is 2.89. The molecule has 1 heterocycles. The highest BCUT2D eigenvalue weighted by Gasteiger charge is 2.05. The number of fused-ring (bicyclic) bond motifs is 1. The second-order valence-electron chi connectivity index (χ2n) is 4.12. The van der Waals surface area contributed by atoms with E-state index in [1.165, 1.54) is 15.3 Å². The molecular formula is C15H14OS. The first-order valence-corrected chi connectivity index (χ1v) is 6.75. The number of benzene rings is 1. The van der Waals surface area contributed by atoms with Crippen LogP contribution in [0.4, 0.5) is 0 Å². The van der Waals surface area contributed by atoms with Gasteiger partial charge in [-0.1, -0.05) is 36.4 Å². The van der Waals surface area contributed by atoms with Crippen LogP contribution in [0.3, 0.4) is 0 Å². The van der Waals surface area contributed by atoms with Crippen LogP contribution < -0.4 is 10.4 Å². The van der Waals surface area contributed by atoms with Gasteiger partial charge in [-0.15, -0.1) is 11.3 Å². The minimum atomic E-state index is 0.696. The minimum Gasteiger partial charge on any atom is -0.492 e. The van der Waals surface area contributed by atoms with Crippen LogP contribution in [0.25, 0.3) is 11.8 Å². The topological polar surface area (TPSA) is 9.23 Å². The van der Waals surface area contributed by atoms with Crippen molar-refractivity contribution in [2.45, 2.75) is 19.4 Å². The zero-order valence-corrected chi connectivity index (χ0v) is 10.4. The Morgan fingerprint density at radius 2 is 2.06 bits per heavy atom. The number of ether oxygens (including phenoxy) is 1. The highest BCUT2D eigenvalue weighted by Crippen LogP contribution is 2.15. The number of hydrogen-bond donors (Lipinski definition) is 0. The first-order chi connectivity index (χ1) is 8.43. The Morgan fingerprint density at radius 3 is 2.94 bits per heavy atom. The van der Waals surface area contributed by atoms with E-state index in [0.29, 0.717) is 6.61 Å². The molecule has 0 bridgehead atoms. The first kappa shape index (κ1) is 10.6. The smallest absolute Gasteiger partial charge is 0.122 e. The third kappa shape index (κ3) is 2.27. The van der Waals surface area contributed by atoms with E-state index in [9.17, 15) is 0 Å². The van der Waals surface area contributed by atoms with Crippen LogP contribution in [0.15, 0.2) is 41.8 Å². The van der Waals surface area contributed by atoms with Gasteiger partial charge < -0.3 is 4.74 Å². The molecule has 17 heavy (non-hydrogen) atoms. The van der Waals surface area contributed by atoms with Crippen molar-refractivity contribution < 1.29 is 4.74 Å². The minimum absolute atomic E-state index is 0.696. The molecule has 0 fully saturated rings. The molecule has 0 unspecified atom stereocenters. The van der Waals surface area contributed by atoms with Crippen molar-refractivity contribution in [2.75, 3.05) is 0 Å². The van der Waals surface area contributed by atoms with E-state index in [2.05, 4.69) is 47.9 Å². The van der Waals surface area contributed by atoms with Crippen molar-refractivity contribution in [1.29, 1.82) is 0 Å². The van der Waals surface area contributed by atoms with Crippen molar-refractivity contribution >= 4 is 23.2 Å². The monoisotopic (exact) mass is 242 g/mol. The van der Waals surface area contributed by atoms with Crippen LogP contribution in [-0.4, -0.2) is 0 Å². The van der Waals surface area contributed by atoms with Crippen LogP contribution in [0.1, 0.15) is 17.7 Å². The Bertz CT molecular complexity index is 611. The Morgan fingerprint density at radius 1 is 1.12 bits per heavy atom. The average molecular weight is 242 g/mol. The van der Waals surface area contributed by atoms with E-state index >= 15 is 0 Å². The second kappa shape index (κ2) is 4.76. The van der Waals surface area contributed by atoms with Gasteiger partial charge in [0.05, 0.1) is 0 Å². The molecule has 1 aliphatic carbocycles. The summed E-state index contributed by atoms with van der Waals surface area (Å²) < 4.78 is 5.96. The molecule has 1 aromatic carbocycles. The van der Waals surface area contributed by atoms with Crippen LogP contribution >= 0.6 is 11.3 Å². The van der Waals surface area contributed by atoms with Gasteiger partial charge in [0, 0.05) is 16.5 Å². The molecule has 2 aromatic rings. The standard InChI is InChI=1S/C15H14OS/c1-2-8-14-12(5-1)6-3-9-15(14)16-11-13-7-4-10-17-13/h1-2,4-8,10H,3,9,11H2. The molecule has 86 valence electrons. The maximum Gasteiger partial charge on any atom is 0.122 e. The molecule has 1 aliphatic rings. The number of hydrogen-bond acceptors (Lipinski definition) is 2.